The van der Waals surface area contributed by atoms with Gasteiger partial charge in [0, 0.05) is 69.9 Å². The minimum absolute atomic E-state index is 0. The van der Waals surface area contributed by atoms with Gasteiger partial charge in [0.2, 0.25) is 0 Å². The van der Waals surface area contributed by atoms with Gasteiger partial charge in [-0.2, -0.15) is 0 Å². The monoisotopic (exact) mass is 458 g/mol. The third-order valence-electron chi connectivity index (χ3n) is 3.00. The second kappa shape index (κ2) is 26.6. The van der Waals surface area contributed by atoms with Crippen LogP contribution in [0.4, 0.5) is 0 Å². The van der Waals surface area contributed by atoms with Crippen molar-refractivity contribution < 1.29 is 0 Å². The minimum atomic E-state index is 0. The molecule has 0 saturated heterocycles. The van der Waals surface area contributed by atoms with Crippen molar-refractivity contribution in [3.63, 3.8) is 0 Å². The van der Waals surface area contributed by atoms with Gasteiger partial charge < -0.3 is 0 Å². The summed E-state index contributed by atoms with van der Waals surface area (Å²) in [5, 5.41) is 0. The van der Waals surface area contributed by atoms with Crippen LogP contribution in [0.15, 0.2) is 0 Å². The van der Waals surface area contributed by atoms with Crippen LogP contribution in [0.1, 0.15) is 41.5 Å². The number of hydrogen-bond acceptors (Lipinski definition) is 0. The average Bonchev–Trinajstić information content (AvgIpc) is 2.24. The van der Waals surface area contributed by atoms with Crippen molar-refractivity contribution in [1.82, 2.24) is 0 Å². The fourth-order valence-corrected chi connectivity index (χ4v) is 4.50. The zero-order valence-corrected chi connectivity index (χ0v) is 20.6. The Labute approximate surface area is 147 Å². The average molecular weight is 455 g/mol. The van der Waals surface area contributed by atoms with Crippen molar-refractivity contribution in [2.45, 2.75) is 77.8 Å². The van der Waals surface area contributed by atoms with Crippen molar-refractivity contribution in [3.05, 3.63) is 0 Å². The Morgan fingerprint density at radius 1 is 0.471 bits per heavy atom. The van der Waals surface area contributed by atoms with Gasteiger partial charge in [0.15, 0.2) is 0 Å². The Kier molecular flexibility index (Phi) is 49.1. The fraction of sp³-hybridized carbons (Fsp3) is 1.00. The first-order chi connectivity index (χ1) is 6.69. The van der Waals surface area contributed by atoms with E-state index in [1.165, 1.54) is 36.3 Å². The van der Waals surface area contributed by atoms with Crippen LogP contribution in [0, 0.1) is 0 Å². The zero-order valence-electron chi connectivity index (χ0n) is 12.7. The van der Waals surface area contributed by atoms with Crippen molar-refractivity contribution in [2.75, 3.05) is 0 Å². The van der Waals surface area contributed by atoms with Crippen molar-refractivity contribution >= 4 is 69.9 Å². The molecule has 5 heteroatoms. The van der Waals surface area contributed by atoms with E-state index in [1.807, 2.05) is 0 Å². The van der Waals surface area contributed by atoms with Gasteiger partial charge in [-0.3, -0.25) is 0 Å². The summed E-state index contributed by atoms with van der Waals surface area (Å²) >= 11 is 0. The Morgan fingerprint density at radius 2 is 0.588 bits per heavy atom. The van der Waals surface area contributed by atoms with Crippen LogP contribution in [0.3, 0.4) is 0 Å². The van der Waals surface area contributed by atoms with Crippen LogP contribution >= 0.6 is 0 Å². The Balaban J connectivity index is -0.0000000480. The molecular weight excluding hydrogens is 424 g/mol. The van der Waals surface area contributed by atoms with Gasteiger partial charge in [-0.25, -0.2) is 0 Å². The molecule has 0 atom stereocenters. The maximum absolute atomic E-state index is 2.31. The van der Waals surface area contributed by atoms with Crippen LogP contribution in [0.2, 0.25) is 36.3 Å². The van der Waals surface area contributed by atoms with E-state index in [1.54, 1.807) is 0 Å². The molecular formula is C12H30Ge2SeSi2. The predicted octanol–water partition coefficient (Wildman–Crippen LogP) is 3.94. The molecule has 0 saturated carbocycles. The number of hydrogen-bond donors (Lipinski definition) is 0. The third kappa shape index (κ3) is 23.5. The third-order valence-corrected chi connectivity index (χ3v) is 9.00. The molecule has 0 aromatic heterocycles. The molecule has 0 spiro atoms. The smallest absolute Gasteiger partial charge is 0.0470 e. The summed E-state index contributed by atoms with van der Waals surface area (Å²) in [6.45, 7) is 13.8. The molecule has 0 unspecified atom stereocenters. The molecule has 12 radical (unpaired) electrons. The van der Waals surface area contributed by atoms with Gasteiger partial charge in [0.1, 0.15) is 0 Å². The molecule has 0 rings (SSSR count). The van der Waals surface area contributed by atoms with E-state index in [2.05, 4.69) is 41.5 Å². The van der Waals surface area contributed by atoms with Gasteiger partial charge in [-0.05, 0) is 0 Å². The molecule has 0 amide bonds. The molecule has 17 heavy (non-hydrogen) atoms. The summed E-state index contributed by atoms with van der Waals surface area (Å²) in [5.74, 6) is 0. The van der Waals surface area contributed by atoms with Gasteiger partial charge in [-0.15, -0.1) is 0 Å². The summed E-state index contributed by atoms with van der Waals surface area (Å²) in [5.41, 5.74) is 0. The van der Waals surface area contributed by atoms with E-state index in [4.69, 9.17) is 0 Å². The Hall–Kier alpha value is 2.04. The molecule has 0 aliphatic carbocycles. The second-order valence-electron chi connectivity index (χ2n) is 3.62. The maximum atomic E-state index is 2.31. The predicted molar refractivity (Wildman–Crippen MR) is 91.7 cm³/mol. The normalized spacial score (nSPS) is 8.47. The molecule has 0 aromatic carbocycles. The van der Waals surface area contributed by atoms with Crippen LogP contribution in [0.5, 0.6) is 0 Å². The second-order valence-corrected chi connectivity index (χ2v) is 10.9. The molecule has 0 heterocycles. The van der Waals surface area contributed by atoms with E-state index in [0.717, 1.165) is 0 Å². The van der Waals surface area contributed by atoms with E-state index in [9.17, 15) is 0 Å². The summed E-state index contributed by atoms with van der Waals surface area (Å²) in [6.07, 6.45) is 0. The van der Waals surface area contributed by atoms with Crippen molar-refractivity contribution in [3.8, 4) is 0 Å². The fourth-order valence-electron chi connectivity index (χ4n) is 1.50. The Morgan fingerprint density at radius 3 is 0.588 bits per heavy atom. The molecule has 0 aliphatic heterocycles. The van der Waals surface area contributed by atoms with E-state index >= 15 is 0 Å². The topological polar surface area (TPSA) is 0 Å². The van der Waals surface area contributed by atoms with Crippen molar-refractivity contribution in [1.29, 1.82) is 0 Å². The number of rotatable bonds is 6. The summed E-state index contributed by atoms with van der Waals surface area (Å²) in [7, 11) is 0.275. The van der Waals surface area contributed by atoms with Crippen LogP contribution < -0.4 is 0 Å². The zero-order chi connectivity index (χ0) is 11.4. The summed E-state index contributed by atoms with van der Waals surface area (Å²) in [4.78, 5) is 0. The van der Waals surface area contributed by atoms with E-state index < -0.39 is 0 Å². The maximum Gasteiger partial charge on any atom is 0.0470 e. The largest absolute Gasteiger partial charge is 0.0680 e. The van der Waals surface area contributed by atoms with Gasteiger partial charge >= 0.3 is 0 Å². The molecule has 0 fully saturated rings. The molecule has 0 nitrogen and oxygen atoms in total. The van der Waals surface area contributed by atoms with Gasteiger partial charge in [0.05, 0.1) is 0 Å². The molecule has 0 bridgehead atoms. The van der Waals surface area contributed by atoms with Crippen LogP contribution in [0.25, 0.3) is 0 Å². The molecule has 0 aliphatic rings. The van der Waals surface area contributed by atoms with Gasteiger partial charge in [0.25, 0.3) is 0 Å². The molecule has 0 aromatic rings. The minimum Gasteiger partial charge on any atom is -0.0680 e. The first-order valence-electron chi connectivity index (χ1n) is 6.36. The summed E-state index contributed by atoms with van der Waals surface area (Å²) in [6, 6.07) is 8.74. The standard InChI is InChI=1S/2C6H15Si.2Ge.Se/c2*1-4-7(5-2)6-3;;;/h2*4-6H2,1-3H3;;;. The van der Waals surface area contributed by atoms with E-state index in [0.29, 0.717) is 0 Å². The van der Waals surface area contributed by atoms with Crippen LogP contribution in [-0.2, 0) is 0 Å². The van der Waals surface area contributed by atoms with Gasteiger partial charge in [-0.1, -0.05) is 77.8 Å². The van der Waals surface area contributed by atoms with Crippen LogP contribution in [-0.4, -0.2) is 69.9 Å². The molecule has 0 N–H and O–H groups in total. The Bertz CT molecular complexity index is 77.5. The quantitative estimate of drug-likeness (QED) is 0.534. The molecule has 100 valence electrons. The van der Waals surface area contributed by atoms with Crippen molar-refractivity contribution in [2.24, 2.45) is 0 Å². The first kappa shape index (κ1) is 31.4. The first-order valence-corrected chi connectivity index (χ1v) is 10.6. The summed E-state index contributed by atoms with van der Waals surface area (Å²) < 4.78 is 0. The SMILES string of the molecule is CC[Si](CC)CC.CC[Si](CC)CC.[Ge].[Ge].[Se]. The van der Waals surface area contributed by atoms with E-state index in [-0.39, 0.29) is 69.9 Å².